The van der Waals surface area contributed by atoms with Gasteiger partial charge >= 0.3 is 5.97 Å². The normalized spacial score (nSPS) is 19.7. The quantitative estimate of drug-likeness (QED) is 0.492. The molecule has 1 aromatic carbocycles. The zero-order chi connectivity index (χ0) is 22.8. The second-order valence-electron chi connectivity index (χ2n) is 9.00. The minimum atomic E-state index is -1.02. The maximum atomic E-state index is 13.7. The lowest BCUT2D eigenvalue weighted by atomic mass is 9.92. The Kier molecular flexibility index (Phi) is 7.68. The molecular weight excluding hydrogens is 453 g/mol. The lowest BCUT2D eigenvalue weighted by molar-refractivity contribution is -0.131. The zero-order valence-electron chi connectivity index (χ0n) is 18.0. The molecule has 1 unspecified atom stereocenters. The van der Waals surface area contributed by atoms with E-state index in [-0.39, 0.29) is 32.5 Å². The van der Waals surface area contributed by atoms with E-state index in [0.717, 1.165) is 32.1 Å². The first-order chi connectivity index (χ1) is 14.6. The summed E-state index contributed by atoms with van der Waals surface area (Å²) in [5.41, 5.74) is 0.708. The Morgan fingerprint density at radius 3 is 2.42 bits per heavy atom. The maximum Gasteiger partial charge on any atom is 0.344 e. The fourth-order valence-corrected chi connectivity index (χ4v) is 5.47. The topological polar surface area (TPSA) is 57.6 Å². The molecule has 1 saturated carbocycles. The Labute approximate surface area is 198 Å². The molecule has 3 rings (SSSR count). The molecule has 0 radical (unpaired) electrons. The van der Waals surface area contributed by atoms with E-state index in [0.29, 0.717) is 22.7 Å². The lowest BCUT2D eigenvalue weighted by Gasteiger charge is -2.36. The number of carboxylic acids is 1. The van der Waals surface area contributed by atoms with Crippen LogP contribution in [0.5, 0.6) is 0 Å². The number of amides is 1. The average molecular weight is 480 g/mol. The van der Waals surface area contributed by atoms with Crippen molar-refractivity contribution in [2.24, 2.45) is 5.41 Å². The molecule has 4 nitrogen and oxygen atoms in total. The Balaban J connectivity index is 2.02. The van der Waals surface area contributed by atoms with Gasteiger partial charge < -0.3 is 10.0 Å². The predicted molar refractivity (Wildman–Crippen MR) is 127 cm³/mol. The number of thioether (sulfide) groups is 1. The van der Waals surface area contributed by atoms with Crippen molar-refractivity contribution in [1.29, 1.82) is 0 Å². The first kappa shape index (κ1) is 24.0. The summed E-state index contributed by atoms with van der Waals surface area (Å²) in [6.07, 6.45) is 5.26. The van der Waals surface area contributed by atoms with Crippen LogP contribution in [0, 0.1) is 17.3 Å². The summed E-state index contributed by atoms with van der Waals surface area (Å²) in [5, 5.41) is 10.4. The van der Waals surface area contributed by atoms with Gasteiger partial charge in [0.05, 0.1) is 15.8 Å². The first-order valence-electron chi connectivity index (χ1n) is 10.5. The molecular formula is C24H27Cl2NO3S. The highest BCUT2D eigenvalue weighted by Gasteiger charge is 2.38. The molecule has 0 bridgehead atoms. The number of hydrogen-bond donors (Lipinski definition) is 1. The second-order valence-corrected chi connectivity index (χ2v) is 11.1. The molecule has 31 heavy (non-hydrogen) atoms. The summed E-state index contributed by atoms with van der Waals surface area (Å²) in [5.74, 6) is 5.14. The van der Waals surface area contributed by atoms with Crippen molar-refractivity contribution in [1.82, 2.24) is 4.90 Å². The summed E-state index contributed by atoms with van der Waals surface area (Å²) >= 11 is 13.6. The Morgan fingerprint density at radius 1 is 1.16 bits per heavy atom. The van der Waals surface area contributed by atoms with Gasteiger partial charge in [0.1, 0.15) is 4.91 Å². The number of carbonyl (C=O) groups is 2. The minimum absolute atomic E-state index is 0.0488. The highest BCUT2D eigenvalue weighted by atomic mass is 35.5. The van der Waals surface area contributed by atoms with Gasteiger partial charge in [0.2, 0.25) is 0 Å². The lowest BCUT2D eigenvalue weighted by Crippen LogP contribution is -2.41. The van der Waals surface area contributed by atoms with E-state index in [2.05, 4.69) is 11.8 Å². The smallest absolute Gasteiger partial charge is 0.344 e. The third-order valence-electron chi connectivity index (χ3n) is 5.31. The Bertz CT molecular complexity index is 965. The molecule has 1 N–H and O–H groups in total. The van der Waals surface area contributed by atoms with Gasteiger partial charge in [-0.1, -0.05) is 66.1 Å². The standard InChI is InChI=1S/C24H27Cl2NO3S/c1-24(2,3)12-11-17-14-20(21(31-17)23(29)30)27(16-7-5-4-6-8-16)22(28)18-10-9-15(25)13-19(18)26/h9-10,13,16-17H,4-8,14H2,1-3H3,(H,29,30). The van der Waals surface area contributed by atoms with Crippen LogP contribution >= 0.6 is 35.0 Å². The minimum Gasteiger partial charge on any atom is -0.477 e. The number of rotatable bonds is 4. The summed E-state index contributed by atoms with van der Waals surface area (Å²) in [6.45, 7) is 6.06. The fourth-order valence-electron chi connectivity index (χ4n) is 3.92. The Morgan fingerprint density at radius 2 is 1.84 bits per heavy atom. The van der Waals surface area contributed by atoms with E-state index in [4.69, 9.17) is 23.2 Å². The summed E-state index contributed by atoms with van der Waals surface area (Å²) < 4.78 is 0. The van der Waals surface area contributed by atoms with Gasteiger partial charge in [0.15, 0.2) is 0 Å². The molecule has 1 fully saturated rings. The number of carbonyl (C=O) groups excluding carboxylic acids is 1. The summed E-state index contributed by atoms with van der Waals surface area (Å²) in [4.78, 5) is 27.7. The highest BCUT2D eigenvalue weighted by Crippen LogP contribution is 2.42. The molecule has 0 spiro atoms. The monoisotopic (exact) mass is 479 g/mol. The summed E-state index contributed by atoms with van der Waals surface area (Å²) in [6, 6.07) is 4.74. The van der Waals surface area contributed by atoms with Crippen LogP contribution < -0.4 is 0 Å². The van der Waals surface area contributed by atoms with Crippen LogP contribution in [0.1, 0.15) is 69.7 Å². The van der Waals surface area contributed by atoms with Gasteiger partial charge in [0, 0.05) is 28.6 Å². The molecule has 1 amide bonds. The van der Waals surface area contributed by atoms with Crippen molar-refractivity contribution >= 4 is 46.8 Å². The van der Waals surface area contributed by atoms with Crippen molar-refractivity contribution in [2.45, 2.75) is 70.6 Å². The molecule has 166 valence electrons. The fraction of sp³-hybridized carbons (Fsp3) is 0.500. The third-order valence-corrected chi connectivity index (χ3v) is 7.08. The van der Waals surface area contributed by atoms with Crippen molar-refractivity contribution in [3.63, 3.8) is 0 Å². The van der Waals surface area contributed by atoms with Gasteiger partial charge in [-0.05, 0) is 51.8 Å². The van der Waals surface area contributed by atoms with Crippen LogP contribution in [0.3, 0.4) is 0 Å². The number of hydrogen-bond acceptors (Lipinski definition) is 3. The van der Waals surface area contributed by atoms with Gasteiger partial charge in [-0.2, -0.15) is 0 Å². The number of halogens is 2. The highest BCUT2D eigenvalue weighted by molar-refractivity contribution is 8.05. The molecule has 7 heteroatoms. The van der Waals surface area contributed by atoms with Crippen molar-refractivity contribution in [3.05, 3.63) is 44.4 Å². The average Bonchev–Trinajstić information content (AvgIpc) is 3.11. The van der Waals surface area contributed by atoms with E-state index < -0.39 is 5.97 Å². The van der Waals surface area contributed by atoms with Gasteiger partial charge in [0.25, 0.3) is 5.91 Å². The van der Waals surface area contributed by atoms with Crippen molar-refractivity contribution < 1.29 is 14.7 Å². The molecule has 1 heterocycles. The number of carboxylic acid groups (broad SMARTS) is 1. The van der Waals surface area contributed by atoms with Crippen LogP contribution in [0.25, 0.3) is 0 Å². The molecule has 0 aromatic heterocycles. The zero-order valence-corrected chi connectivity index (χ0v) is 20.3. The molecule has 0 saturated heterocycles. The molecule has 1 aliphatic heterocycles. The van der Waals surface area contributed by atoms with Crippen LogP contribution in [0.4, 0.5) is 0 Å². The van der Waals surface area contributed by atoms with Gasteiger partial charge in [-0.25, -0.2) is 4.79 Å². The molecule has 1 aromatic rings. The Hall–Kier alpha value is -1.61. The van der Waals surface area contributed by atoms with Gasteiger partial charge in [-0.15, -0.1) is 0 Å². The predicted octanol–water partition coefficient (Wildman–Crippen LogP) is 6.62. The largest absolute Gasteiger partial charge is 0.477 e. The van der Waals surface area contributed by atoms with Gasteiger partial charge in [-0.3, -0.25) is 4.79 Å². The van der Waals surface area contributed by atoms with E-state index in [1.807, 2.05) is 20.8 Å². The SMILES string of the molecule is CC(C)(C)C#CC1CC(N(C(=O)c2ccc(Cl)cc2Cl)C2CCCCC2)=C(C(=O)O)S1. The molecule has 1 aliphatic carbocycles. The van der Waals surface area contributed by atoms with Crippen LogP contribution in [-0.4, -0.2) is 33.2 Å². The number of nitrogens with zero attached hydrogens (tertiary/aromatic N) is 1. The second kappa shape index (κ2) is 9.90. The van der Waals surface area contributed by atoms with Crippen molar-refractivity contribution in [3.8, 4) is 11.8 Å². The van der Waals surface area contributed by atoms with E-state index >= 15 is 0 Å². The van der Waals surface area contributed by atoms with E-state index in [9.17, 15) is 14.7 Å². The first-order valence-corrected chi connectivity index (χ1v) is 12.1. The van der Waals surface area contributed by atoms with Crippen LogP contribution in [0.15, 0.2) is 28.8 Å². The molecule has 1 atom stereocenters. The molecule has 2 aliphatic rings. The van der Waals surface area contributed by atoms with Crippen molar-refractivity contribution in [2.75, 3.05) is 0 Å². The number of allylic oxidation sites excluding steroid dienone is 1. The van der Waals surface area contributed by atoms with E-state index in [1.165, 1.54) is 11.8 Å². The maximum absolute atomic E-state index is 13.7. The van der Waals surface area contributed by atoms with Crippen LogP contribution in [0.2, 0.25) is 10.0 Å². The number of aliphatic carboxylic acids is 1. The number of benzene rings is 1. The van der Waals surface area contributed by atoms with Crippen LogP contribution in [-0.2, 0) is 4.79 Å². The summed E-state index contributed by atoms with van der Waals surface area (Å²) in [7, 11) is 0. The third kappa shape index (κ3) is 6.00. The van der Waals surface area contributed by atoms with E-state index in [1.54, 1.807) is 23.1 Å².